The van der Waals surface area contributed by atoms with Crippen molar-refractivity contribution in [1.29, 1.82) is 0 Å². The van der Waals surface area contributed by atoms with Crippen molar-refractivity contribution >= 4 is 27.5 Å². The molecule has 15 heavy (non-hydrogen) atoms. The summed E-state index contributed by atoms with van der Waals surface area (Å²) in [6.45, 7) is 1.74. The zero-order valence-electron chi connectivity index (χ0n) is 8.42. The van der Waals surface area contributed by atoms with E-state index in [1.807, 2.05) is 18.2 Å². The number of halogens is 1. The molecule has 1 unspecified atom stereocenters. The fourth-order valence-electron chi connectivity index (χ4n) is 1.52. The van der Waals surface area contributed by atoms with Crippen LogP contribution in [0.3, 0.4) is 0 Å². The molecule has 0 saturated heterocycles. The highest BCUT2D eigenvalue weighted by Crippen LogP contribution is 2.30. The second-order valence-corrected chi connectivity index (χ2v) is 4.31. The SMILES string of the molecule is CC1Oc2ccc(CCBr)cc2NC1=O. The molecule has 1 aromatic carbocycles. The molecule has 0 aliphatic carbocycles. The number of anilines is 1. The number of aryl methyl sites for hydroxylation is 1. The third kappa shape index (κ3) is 2.15. The lowest BCUT2D eigenvalue weighted by molar-refractivity contribution is -0.122. The monoisotopic (exact) mass is 269 g/mol. The Kier molecular flexibility index (Phi) is 2.95. The minimum Gasteiger partial charge on any atom is -0.479 e. The summed E-state index contributed by atoms with van der Waals surface area (Å²) < 4.78 is 5.45. The lowest BCUT2D eigenvalue weighted by Gasteiger charge is -2.23. The first-order chi connectivity index (χ1) is 7.20. The van der Waals surface area contributed by atoms with Crippen LogP contribution in [-0.2, 0) is 11.2 Å². The van der Waals surface area contributed by atoms with Crippen molar-refractivity contribution in [1.82, 2.24) is 0 Å². The Hall–Kier alpha value is -1.03. The first-order valence-electron chi connectivity index (χ1n) is 4.87. The molecule has 2 rings (SSSR count). The molecule has 4 heteroatoms. The van der Waals surface area contributed by atoms with Gasteiger partial charge in [-0.25, -0.2) is 0 Å². The molecule has 0 saturated carbocycles. The molecule has 1 heterocycles. The van der Waals surface area contributed by atoms with E-state index in [0.717, 1.165) is 23.2 Å². The average molecular weight is 270 g/mol. The number of benzene rings is 1. The van der Waals surface area contributed by atoms with Crippen molar-refractivity contribution in [2.45, 2.75) is 19.4 Å². The van der Waals surface area contributed by atoms with Gasteiger partial charge in [-0.1, -0.05) is 22.0 Å². The highest BCUT2D eigenvalue weighted by molar-refractivity contribution is 9.09. The van der Waals surface area contributed by atoms with E-state index >= 15 is 0 Å². The number of fused-ring (bicyclic) bond motifs is 1. The van der Waals surface area contributed by atoms with E-state index in [9.17, 15) is 4.79 Å². The Morgan fingerprint density at radius 2 is 2.33 bits per heavy atom. The van der Waals surface area contributed by atoms with Crippen LogP contribution < -0.4 is 10.1 Å². The van der Waals surface area contributed by atoms with Gasteiger partial charge >= 0.3 is 0 Å². The van der Waals surface area contributed by atoms with Gasteiger partial charge in [-0.15, -0.1) is 0 Å². The minimum atomic E-state index is -0.403. The first kappa shape index (κ1) is 10.5. The first-order valence-corrected chi connectivity index (χ1v) is 5.99. The van der Waals surface area contributed by atoms with E-state index in [0.29, 0.717) is 0 Å². The maximum atomic E-state index is 11.4. The smallest absolute Gasteiger partial charge is 0.265 e. The molecule has 1 atom stereocenters. The molecule has 1 aromatic rings. The summed E-state index contributed by atoms with van der Waals surface area (Å²) in [4.78, 5) is 11.4. The molecule has 80 valence electrons. The van der Waals surface area contributed by atoms with Crippen LogP contribution in [-0.4, -0.2) is 17.3 Å². The molecular formula is C11H12BrNO2. The lowest BCUT2D eigenvalue weighted by atomic mass is 10.1. The third-order valence-corrected chi connectivity index (χ3v) is 2.75. The largest absolute Gasteiger partial charge is 0.479 e. The summed E-state index contributed by atoms with van der Waals surface area (Å²) >= 11 is 3.38. The zero-order valence-corrected chi connectivity index (χ0v) is 10.0. The number of nitrogens with one attached hydrogen (secondary N) is 1. The maximum Gasteiger partial charge on any atom is 0.265 e. The van der Waals surface area contributed by atoms with Crippen molar-refractivity contribution in [2.75, 3.05) is 10.6 Å². The van der Waals surface area contributed by atoms with Gasteiger partial charge in [-0.2, -0.15) is 0 Å². The average Bonchev–Trinajstić information content (AvgIpc) is 2.21. The molecular weight excluding hydrogens is 258 g/mol. The number of carbonyl (C=O) groups is 1. The molecule has 0 aromatic heterocycles. The number of rotatable bonds is 2. The Labute approximate surface area is 96.9 Å². The molecule has 1 amide bonds. The molecule has 3 nitrogen and oxygen atoms in total. The van der Waals surface area contributed by atoms with Crippen molar-refractivity contribution in [2.24, 2.45) is 0 Å². The summed E-state index contributed by atoms with van der Waals surface area (Å²) in [5, 5.41) is 3.74. The van der Waals surface area contributed by atoms with Gasteiger partial charge in [0.15, 0.2) is 6.10 Å². The van der Waals surface area contributed by atoms with Gasteiger partial charge < -0.3 is 10.1 Å². The number of ether oxygens (including phenoxy) is 1. The van der Waals surface area contributed by atoms with E-state index in [2.05, 4.69) is 21.2 Å². The summed E-state index contributed by atoms with van der Waals surface area (Å²) in [6.07, 6.45) is 0.540. The number of carbonyl (C=O) groups excluding carboxylic acids is 1. The van der Waals surface area contributed by atoms with Crippen molar-refractivity contribution in [3.8, 4) is 5.75 Å². The van der Waals surface area contributed by atoms with Crippen LogP contribution in [0.2, 0.25) is 0 Å². The van der Waals surface area contributed by atoms with E-state index in [4.69, 9.17) is 4.74 Å². The van der Waals surface area contributed by atoms with Crippen LogP contribution in [0.15, 0.2) is 18.2 Å². The van der Waals surface area contributed by atoms with Crippen LogP contribution in [0.1, 0.15) is 12.5 Å². The Morgan fingerprint density at radius 1 is 1.53 bits per heavy atom. The Bertz CT molecular complexity index is 392. The van der Waals surface area contributed by atoms with E-state index in [1.54, 1.807) is 6.92 Å². The van der Waals surface area contributed by atoms with Gasteiger partial charge in [-0.3, -0.25) is 4.79 Å². The molecule has 0 bridgehead atoms. The van der Waals surface area contributed by atoms with E-state index < -0.39 is 6.10 Å². The second-order valence-electron chi connectivity index (χ2n) is 3.52. The fourth-order valence-corrected chi connectivity index (χ4v) is 1.98. The van der Waals surface area contributed by atoms with Gasteiger partial charge in [-0.05, 0) is 31.0 Å². The minimum absolute atomic E-state index is 0.0847. The van der Waals surface area contributed by atoms with Crippen LogP contribution in [0, 0.1) is 0 Å². The maximum absolute atomic E-state index is 11.4. The zero-order chi connectivity index (χ0) is 10.8. The molecule has 1 aliphatic rings. The van der Waals surface area contributed by atoms with Gasteiger partial charge in [0.05, 0.1) is 5.69 Å². The van der Waals surface area contributed by atoms with Gasteiger partial charge in [0.25, 0.3) is 5.91 Å². The van der Waals surface area contributed by atoms with Crippen LogP contribution >= 0.6 is 15.9 Å². The van der Waals surface area contributed by atoms with E-state index in [-0.39, 0.29) is 5.91 Å². The lowest BCUT2D eigenvalue weighted by Crippen LogP contribution is -2.34. The predicted molar refractivity (Wildman–Crippen MR) is 62.7 cm³/mol. The van der Waals surface area contributed by atoms with Crippen LogP contribution in [0.25, 0.3) is 0 Å². The van der Waals surface area contributed by atoms with Crippen molar-refractivity contribution in [3.63, 3.8) is 0 Å². The van der Waals surface area contributed by atoms with Gasteiger partial charge in [0.2, 0.25) is 0 Å². The van der Waals surface area contributed by atoms with E-state index in [1.165, 1.54) is 5.56 Å². The number of hydrogen-bond acceptors (Lipinski definition) is 2. The highest BCUT2D eigenvalue weighted by atomic mass is 79.9. The summed E-state index contributed by atoms with van der Waals surface area (Å²) in [5.41, 5.74) is 1.96. The third-order valence-electron chi connectivity index (χ3n) is 2.36. The molecule has 0 spiro atoms. The van der Waals surface area contributed by atoms with Crippen LogP contribution in [0.5, 0.6) is 5.75 Å². The number of amides is 1. The predicted octanol–water partition coefficient (Wildman–Crippen LogP) is 2.34. The number of alkyl halides is 1. The fraction of sp³-hybridized carbons (Fsp3) is 0.364. The van der Waals surface area contributed by atoms with Crippen LogP contribution in [0.4, 0.5) is 5.69 Å². The Morgan fingerprint density at radius 3 is 3.07 bits per heavy atom. The molecule has 0 radical (unpaired) electrons. The van der Waals surface area contributed by atoms with Crippen molar-refractivity contribution in [3.05, 3.63) is 23.8 Å². The molecule has 1 aliphatic heterocycles. The highest BCUT2D eigenvalue weighted by Gasteiger charge is 2.23. The Balaban J connectivity index is 2.29. The van der Waals surface area contributed by atoms with Crippen molar-refractivity contribution < 1.29 is 9.53 Å². The molecule has 0 fully saturated rings. The normalized spacial score (nSPS) is 19.1. The summed E-state index contributed by atoms with van der Waals surface area (Å²) in [7, 11) is 0. The van der Waals surface area contributed by atoms with Gasteiger partial charge in [0, 0.05) is 5.33 Å². The van der Waals surface area contributed by atoms with Gasteiger partial charge in [0.1, 0.15) is 5.75 Å². The number of hydrogen-bond donors (Lipinski definition) is 1. The quantitative estimate of drug-likeness (QED) is 0.838. The topological polar surface area (TPSA) is 38.3 Å². The molecule has 1 N–H and O–H groups in total. The second kappa shape index (κ2) is 4.23. The summed E-state index contributed by atoms with van der Waals surface area (Å²) in [6, 6.07) is 5.88. The standard InChI is InChI=1S/C11H12BrNO2/c1-7-11(14)13-9-6-8(4-5-12)2-3-10(9)15-7/h2-3,6-7H,4-5H2,1H3,(H,13,14). The summed E-state index contributed by atoms with van der Waals surface area (Å²) in [5.74, 6) is 0.666.